The van der Waals surface area contributed by atoms with Gasteiger partial charge in [0.1, 0.15) is 0 Å². The molecule has 0 spiro atoms. The zero-order chi connectivity index (χ0) is 13.9. The van der Waals surface area contributed by atoms with E-state index in [0.717, 1.165) is 24.2 Å². The molecule has 104 valence electrons. The zero-order valence-electron chi connectivity index (χ0n) is 11.2. The number of hydrogen-bond acceptors (Lipinski definition) is 5. The Bertz CT molecular complexity index is 599. The largest absolute Gasteiger partial charge is 0.324 e. The van der Waals surface area contributed by atoms with Crippen LogP contribution >= 0.6 is 11.5 Å². The van der Waals surface area contributed by atoms with Crippen LogP contribution in [0.2, 0.25) is 0 Å². The van der Waals surface area contributed by atoms with Gasteiger partial charge in [-0.1, -0.05) is 22.7 Å². The molecule has 0 saturated carbocycles. The first-order valence-electron chi connectivity index (χ1n) is 6.66. The molecule has 2 N–H and O–H groups in total. The lowest BCUT2D eigenvalue weighted by Gasteiger charge is -2.19. The molecule has 0 fully saturated rings. The van der Waals surface area contributed by atoms with E-state index in [1.165, 1.54) is 17.1 Å². The van der Waals surface area contributed by atoms with Gasteiger partial charge in [-0.05, 0) is 42.9 Å². The van der Waals surface area contributed by atoms with E-state index in [-0.39, 0.29) is 18.0 Å². The molecule has 0 radical (unpaired) electrons. The standard InChI is InChI=1S/C14H16N4OS/c1-9(13-8-20-18-17-13)15-12-7-6-10-4-2-3-5-11(10)16-14(12)19/h2-5,8-9,12,15H,6-7H2,1H3,(H,16,19). The first kappa shape index (κ1) is 13.2. The van der Waals surface area contributed by atoms with Crippen LogP contribution in [-0.4, -0.2) is 21.5 Å². The highest BCUT2D eigenvalue weighted by Gasteiger charge is 2.25. The number of benzene rings is 1. The smallest absolute Gasteiger partial charge is 0.241 e. The highest BCUT2D eigenvalue weighted by atomic mass is 32.1. The number of aryl methyl sites for hydroxylation is 1. The second-order valence-corrected chi connectivity index (χ2v) is 5.57. The number of nitrogens with zero attached hydrogens (tertiary/aromatic N) is 2. The SMILES string of the molecule is CC(NC1CCc2ccccc2NC1=O)c1csnn1. The van der Waals surface area contributed by atoms with E-state index in [0.29, 0.717) is 0 Å². The van der Waals surface area contributed by atoms with Crippen molar-refractivity contribution in [1.82, 2.24) is 14.9 Å². The molecule has 2 atom stereocenters. The van der Waals surface area contributed by atoms with Crippen LogP contribution in [0.15, 0.2) is 29.6 Å². The van der Waals surface area contributed by atoms with Gasteiger partial charge in [0.2, 0.25) is 5.91 Å². The molecule has 6 heteroatoms. The predicted molar refractivity (Wildman–Crippen MR) is 78.6 cm³/mol. The molecule has 2 unspecified atom stereocenters. The van der Waals surface area contributed by atoms with Crippen LogP contribution in [-0.2, 0) is 11.2 Å². The van der Waals surface area contributed by atoms with E-state index in [4.69, 9.17) is 0 Å². The van der Waals surface area contributed by atoms with E-state index in [1.807, 2.05) is 30.5 Å². The van der Waals surface area contributed by atoms with Crippen LogP contribution in [0.5, 0.6) is 0 Å². The maximum atomic E-state index is 12.3. The molecule has 1 aromatic heterocycles. The third-order valence-corrected chi connectivity index (χ3v) is 4.09. The first-order valence-corrected chi connectivity index (χ1v) is 7.49. The van der Waals surface area contributed by atoms with Gasteiger partial charge in [0.15, 0.2) is 0 Å². The second kappa shape index (κ2) is 5.68. The summed E-state index contributed by atoms with van der Waals surface area (Å²) in [4.78, 5) is 12.3. The second-order valence-electron chi connectivity index (χ2n) is 4.96. The van der Waals surface area contributed by atoms with Crippen LogP contribution < -0.4 is 10.6 Å². The molecule has 1 aliphatic heterocycles. The molecule has 0 bridgehead atoms. The molecule has 1 amide bonds. The summed E-state index contributed by atoms with van der Waals surface area (Å²) in [5, 5.41) is 12.3. The highest BCUT2D eigenvalue weighted by molar-refractivity contribution is 7.03. The summed E-state index contributed by atoms with van der Waals surface area (Å²) in [6.07, 6.45) is 1.67. The number of nitrogens with one attached hydrogen (secondary N) is 2. The first-order chi connectivity index (χ1) is 9.74. The van der Waals surface area contributed by atoms with Crippen molar-refractivity contribution in [1.29, 1.82) is 0 Å². The molecular weight excluding hydrogens is 272 g/mol. The van der Waals surface area contributed by atoms with Gasteiger partial charge in [-0.3, -0.25) is 10.1 Å². The molecule has 2 aromatic rings. The van der Waals surface area contributed by atoms with Crippen LogP contribution in [0, 0.1) is 0 Å². The van der Waals surface area contributed by atoms with Crippen LogP contribution in [0.3, 0.4) is 0 Å². The number of rotatable bonds is 3. The van der Waals surface area contributed by atoms with Crippen molar-refractivity contribution >= 4 is 23.1 Å². The van der Waals surface area contributed by atoms with E-state index >= 15 is 0 Å². The van der Waals surface area contributed by atoms with Crippen LogP contribution in [0.4, 0.5) is 5.69 Å². The minimum Gasteiger partial charge on any atom is -0.324 e. The normalized spacial score (nSPS) is 19.9. The van der Waals surface area contributed by atoms with Crippen molar-refractivity contribution in [2.45, 2.75) is 31.8 Å². The van der Waals surface area contributed by atoms with Gasteiger partial charge in [0.05, 0.1) is 17.8 Å². The number of carbonyl (C=O) groups is 1. The number of carbonyl (C=O) groups excluding carboxylic acids is 1. The number of aromatic nitrogens is 2. The van der Waals surface area contributed by atoms with Crippen molar-refractivity contribution < 1.29 is 4.79 Å². The number of amides is 1. The fourth-order valence-corrected chi connectivity index (χ4v) is 2.97. The Balaban J connectivity index is 1.72. The summed E-state index contributed by atoms with van der Waals surface area (Å²) in [5.41, 5.74) is 2.99. The average Bonchev–Trinajstić information content (AvgIpc) is 2.93. The molecule has 20 heavy (non-hydrogen) atoms. The Morgan fingerprint density at radius 3 is 3.10 bits per heavy atom. The number of hydrogen-bond donors (Lipinski definition) is 2. The minimum absolute atomic E-state index is 0.0185. The van der Waals surface area contributed by atoms with Crippen molar-refractivity contribution in [2.75, 3.05) is 5.32 Å². The fraction of sp³-hybridized carbons (Fsp3) is 0.357. The van der Waals surface area contributed by atoms with Gasteiger partial charge in [-0.15, -0.1) is 5.10 Å². The molecule has 0 saturated heterocycles. The lowest BCUT2D eigenvalue weighted by Crippen LogP contribution is -2.41. The lowest BCUT2D eigenvalue weighted by molar-refractivity contribution is -0.118. The fourth-order valence-electron chi connectivity index (χ4n) is 2.42. The molecule has 1 aliphatic rings. The number of fused-ring (bicyclic) bond motifs is 1. The molecule has 3 rings (SSSR count). The Labute approximate surface area is 121 Å². The summed E-state index contributed by atoms with van der Waals surface area (Å²) in [6.45, 7) is 2.00. The monoisotopic (exact) mass is 288 g/mol. The Morgan fingerprint density at radius 1 is 1.45 bits per heavy atom. The van der Waals surface area contributed by atoms with Gasteiger partial charge in [-0.25, -0.2) is 0 Å². The zero-order valence-corrected chi connectivity index (χ0v) is 12.0. The summed E-state index contributed by atoms with van der Waals surface area (Å²) >= 11 is 1.32. The number of anilines is 1. The van der Waals surface area contributed by atoms with Crippen molar-refractivity contribution in [3.63, 3.8) is 0 Å². The van der Waals surface area contributed by atoms with Gasteiger partial charge in [0, 0.05) is 11.1 Å². The topological polar surface area (TPSA) is 66.9 Å². The molecule has 0 aliphatic carbocycles. The lowest BCUT2D eigenvalue weighted by atomic mass is 10.1. The van der Waals surface area contributed by atoms with Crippen molar-refractivity contribution in [2.24, 2.45) is 0 Å². The Hall–Kier alpha value is -1.79. The summed E-state index contributed by atoms with van der Waals surface area (Å²) in [7, 11) is 0. The quantitative estimate of drug-likeness (QED) is 0.908. The van der Waals surface area contributed by atoms with Gasteiger partial charge >= 0.3 is 0 Å². The molecule has 2 heterocycles. The van der Waals surface area contributed by atoms with Gasteiger partial charge in [0.25, 0.3) is 0 Å². The van der Waals surface area contributed by atoms with E-state index in [9.17, 15) is 4.79 Å². The summed E-state index contributed by atoms with van der Waals surface area (Å²) < 4.78 is 3.86. The summed E-state index contributed by atoms with van der Waals surface area (Å²) in [6, 6.07) is 7.76. The predicted octanol–water partition coefficient (Wildman–Crippen LogP) is 2.14. The van der Waals surface area contributed by atoms with Gasteiger partial charge in [-0.2, -0.15) is 0 Å². The maximum absolute atomic E-state index is 12.3. The highest BCUT2D eigenvalue weighted by Crippen LogP contribution is 2.22. The van der Waals surface area contributed by atoms with Crippen molar-refractivity contribution in [3.8, 4) is 0 Å². The van der Waals surface area contributed by atoms with E-state index in [2.05, 4.69) is 26.3 Å². The van der Waals surface area contributed by atoms with Crippen LogP contribution in [0.1, 0.15) is 30.6 Å². The van der Waals surface area contributed by atoms with Crippen molar-refractivity contribution in [3.05, 3.63) is 40.9 Å². The Morgan fingerprint density at radius 2 is 2.30 bits per heavy atom. The van der Waals surface area contributed by atoms with E-state index in [1.54, 1.807) is 0 Å². The summed E-state index contributed by atoms with van der Waals surface area (Å²) in [5.74, 6) is 0.0185. The van der Waals surface area contributed by atoms with Crippen LogP contribution in [0.25, 0.3) is 0 Å². The molecule has 5 nitrogen and oxygen atoms in total. The van der Waals surface area contributed by atoms with E-state index < -0.39 is 0 Å². The third kappa shape index (κ3) is 2.71. The Kier molecular flexibility index (Phi) is 3.75. The van der Waals surface area contributed by atoms with Gasteiger partial charge < -0.3 is 5.32 Å². The average molecular weight is 288 g/mol. The maximum Gasteiger partial charge on any atom is 0.241 e. The third-order valence-electron chi connectivity index (χ3n) is 3.57. The number of para-hydroxylation sites is 1. The minimum atomic E-state index is -0.209. The molecular formula is C14H16N4OS. The molecule has 1 aromatic carbocycles.